The second-order valence-corrected chi connectivity index (χ2v) is 5.60. The van der Waals surface area contributed by atoms with Crippen LogP contribution in [0.4, 0.5) is 14.9 Å². The Hall–Kier alpha value is -1.62. The van der Waals surface area contributed by atoms with Crippen molar-refractivity contribution in [3.63, 3.8) is 0 Å². The molecule has 4 nitrogen and oxygen atoms in total. The van der Waals surface area contributed by atoms with E-state index in [1.54, 1.807) is 17.0 Å². The van der Waals surface area contributed by atoms with Crippen molar-refractivity contribution in [2.45, 2.75) is 26.2 Å². The Kier molecular flexibility index (Phi) is 4.60. The number of hydrogen-bond acceptors (Lipinski definition) is 2. The first kappa shape index (κ1) is 14.8. The van der Waals surface area contributed by atoms with Crippen LogP contribution in [0.1, 0.15) is 31.7 Å². The topological polar surface area (TPSA) is 52.6 Å². The molecule has 0 aliphatic carbocycles. The largest absolute Gasteiger partial charge is 0.396 e. The molecule has 1 saturated heterocycles. The second-order valence-electron chi connectivity index (χ2n) is 5.60. The van der Waals surface area contributed by atoms with E-state index in [4.69, 9.17) is 5.11 Å². The van der Waals surface area contributed by atoms with Gasteiger partial charge in [-0.25, -0.2) is 9.18 Å². The summed E-state index contributed by atoms with van der Waals surface area (Å²) in [6.07, 6.45) is 0.810. The van der Waals surface area contributed by atoms with Crippen LogP contribution in [0.25, 0.3) is 0 Å². The number of halogens is 1. The lowest BCUT2D eigenvalue weighted by molar-refractivity contribution is 0.209. The van der Waals surface area contributed by atoms with Crippen molar-refractivity contribution in [3.05, 3.63) is 29.6 Å². The Morgan fingerprint density at radius 3 is 2.85 bits per heavy atom. The number of aliphatic hydroxyl groups excluding tert-OH is 1. The van der Waals surface area contributed by atoms with Gasteiger partial charge in [-0.1, -0.05) is 19.9 Å². The van der Waals surface area contributed by atoms with Crippen LogP contribution >= 0.6 is 0 Å². The van der Waals surface area contributed by atoms with Crippen LogP contribution in [0.3, 0.4) is 0 Å². The summed E-state index contributed by atoms with van der Waals surface area (Å²) in [5.41, 5.74) is 1.11. The molecule has 5 heteroatoms. The maximum Gasteiger partial charge on any atom is 0.321 e. The average molecular weight is 280 g/mol. The van der Waals surface area contributed by atoms with Gasteiger partial charge in [-0.3, -0.25) is 0 Å². The Balaban J connectivity index is 2.00. The van der Waals surface area contributed by atoms with E-state index in [1.165, 1.54) is 6.07 Å². The zero-order valence-corrected chi connectivity index (χ0v) is 11.9. The van der Waals surface area contributed by atoms with E-state index in [9.17, 15) is 9.18 Å². The summed E-state index contributed by atoms with van der Waals surface area (Å²) in [6.45, 7) is 5.13. The number of carbonyl (C=O) groups excluding carboxylic acids is 1. The van der Waals surface area contributed by atoms with Crippen LogP contribution in [0.15, 0.2) is 18.2 Å². The van der Waals surface area contributed by atoms with Crippen LogP contribution in [0.2, 0.25) is 0 Å². The van der Waals surface area contributed by atoms with E-state index < -0.39 is 0 Å². The Morgan fingerprint density at radius 1 is 1.55 bits per heavy atom. The van der Waals surface area contributed by atoms with Gasteiger partial charge >= 0.3 is 6.03 Å². The Bertz CT molecular complexity index is 491. The van der Waals surface area contributed by atoms with Crippen LogP contribution < -0.4 is 5.32 Å². The van der Waals surface area contributed by atoms with E-state index >= 15 is 0 Å². The molecule has 0 aromatic heterocycles. The number of nitrogens with zero attached hydrogens (tertiary/aromatic N) is 1. The van der Waals surface area contributed by atoms with Gasteiger partial charge in [0.1, 0.15) is 5.82 Å². The minimum Gasteiger partial charge on any atom is -0.396 e. The Labute approximate surface area is 118 Å². The monoisotopic (exact) mass is 280 g/mol. The number of benzene rings is 1. The van der Waals surface area contributed by atoms with Crippen LogP contribution in [-0.2, 0) is 0 Å². The molecule has 20 heavy (non-hydrogen) atoms. The second kappa shape index (κ2) is 6.22. The molecule has 2 rings (SSSR count). The van der Waals surface area contributed by atoms with Gasteiger partial charge in [0, 0.05) is 31.3 Å². The van der Waals surface area contributed by atoms with Gasteiger partial charge < -0.3 is 15.3 Å². The predicted molar refractivity (Wildman–Crippen MR) is 76.3 cm³/mol. The molecule has 1 aliphatic heterocycles. The minimum atomic E-state index is -0.299. The number of amides is 2. The fourth-order valence-electron chi connectivity index (χ4n) is 2.44. The number of aliphatic hydroxyl groups is 1. The molecule has 0 saturated carbocycles. The highest BCUT2D eigenvalue weighted by molar-refractivity contribution is 5.89. The van der Waals surface area contributed by atoms with E-state index in [0.717, 1.165) is 6.42 Å². The third-order valence-corrected chi connectivity index (χ3v) is 3.70. The van der Waals surface area contributed by atoms with Crippen LogP contribution in [0, 0.1) is 11.7 Å². The fourth-order valence-corrected chi connectivity index (χ4v) is 2.44. The molecule has 1 aromatic rings. The Morgan fingerprint density at radius 2 is 2.30 bits per heavy atom. The van der Waals surface area contributed by atoms with Crippen molar-refractivity contribution in [3.8, 4) is 0 Å². The van der Waals surface area contributed by atoms with Crippen LogP contribution in [0.5, 0.6) is 0 Å². The molecule has 0 unspecified atom stereocenters. The molecule has 1 aliphatic rings. The standard InChI is InChI=1S/C15H21FN2O2/c1-10(2)13-4-3-12(7-14(13)16)17-15(20)18-6-5-11(8-18)9-19/h3-4,7,10-11,19H,5-6,8-9H2,1-2H3,(H,17,20)/t11-/m1/s1. The summed E-state index contributed by atoms with van der Waals surface area (Å²) in [7, 11) is 0. The number of likely N-dealkylation sites (tertiary alicyclic amines) is 1. The zero-order chi connectivity index (χ0) is 14.7. The maximum absolute atomic E-state index is 13.8. The van der Waals surface area contributed by atoms with Gasteiger partial charge in [0.05, 0.1) is 0 Å². The fraction of sp³-hybridized carbons (Fsp3) is 0.533. The van der Waals surface area contributed by atoms with E-state index in [0.29, 0.717) is 24.3 Å². The third kappa shape index (κ3) is 3.28. The molecule has 1 atom stereocenters. The van der Waals surface area contributed by atoms with Crippen molar-refractivity contribution in [1.82, 2.24) is 4.90 Å². The van der Waals surface area contributed by atoms with Gasteiger partial charge in [-0.15, -0.1) is 0 Å². The molecule has 110 valence electrons. The lowest BCUT2D eigenvalue weighted by atomic mass is 10.0. The summed E-state index contributed by atoms with van der Waals surface area (Å²) in [5.74, 6) is -0.0306. The SMILES string of the molecule is CC(C)c1ccc(NC(=O)N2CC[C@@H](CO)C2)cc1F. The van der Waals surface area contributed by atoms with Gasteiger partial charge in [-0.05, 0) is 30.0 Å². The first-order chi connectivity index (χ1) is 9.51. The number of carbonyl (C=O) groups is 1. The van der Waals surface area contributed by atoms with Crippen molar-refractivity contribution in [2.75, 3.05) is 25.0 Å². The number of nitrogens with one attached hydrogen (secondary N) is 1. The highest BCUT2D eigenvalue weighted by Gasteiger charge is 2.25. The lowest BCUT2D eigenvalue weighted by Gasteiger charge is -2.17. The van der Waals surface area contributed by atoms with E-state index in [-0.39, 0.29) is 30.3 Å². The smallest absolute Gasteiger partial charge is 0.321 e. The molecule has 2 N–H and O–H groups in total. The average Bonchev–Trinajstić information content (AvgIpc) is 2.87. The normalized spacial score (nSPS) is 18.6. The van der Waals surface area contributed by atoms with Crippen molar-refractivity contribution < 1.29 is 14.3 Å². The number of rotatable bonds is 3. The van der Waals surface area contributed by atoms with Gasteiger partial charge in [0.25, 0.3) is 0 Å². The molecule has 0 bridgehead atoms. The van der Waals surface area contributed by atoms with Gasteiger partial charge in [-0.2, -0.15) is 0 Å². The first-order valence-corrected chi connectivity index (χ1v) is 6.97. The number of anilines is 1. The highest BCUT2D eigenvalue weighted by atomic mass is 19.1. The van der Waals surface area contributed by atoms with E-state index in [2.05, 4.69) is 5.32 Å². The molecule has 1 aromatic carbocycles. The summed E-state index contributed by atoms with van der Waals surface area (Å²) < 4.78 is 13.8. The van der Waals surface area contributed by atoms with Crippen molar-refractivity contribution >= 4 is 11.7 Å². The zero-order valence-electron chi connectivity index (χ0n) is 11.9. The van der Waals surface area contributed by atoms with Gasteiger partial charge in [0.15, 0.2) is 0 Å². The number of hydrogen-bond donors (Lipinski definition) is 2. The summed E-state index contributed by atoms with van der Waals surface area (Å²) in [6, 6.07) is 4.54. The lowest BCUT2D eigenvalue weighted by Crippen LogP contribution is -2.33. The van der Waals surface area contributed by atoms with Crippen molar-refractivity contribution in [1.29, 1.82) is 0 Å². The summed E-state index contributed by atoms with van der Waals surface area (Å²) in [5, 5.41) is 11.8. The predicted octanol–water partition coefficient (Wildman–Crippen LogP) is 2.80. The molecule has 0 radical (unpaired) electrons. The molecule has 0 spiro atoms. The van der Waals surface area contributed by atoms with Crippen molar-refractivity contribution in [2.24, 2.45) is 5.92 Å². The molecule has 1 fully saturated rings. The summed E-state index contributed by atoms with van der Waals surface area (Å²) in [4.78, 5) is 13.7. The number of urea groups is 1. The van der Waals surface area contributed by atoms with E-state index in [1.807, 2.05) is 13.8 Å². The molecule has 1 heterocycles. The highest BCUT2D eigenvalue weighted by Crippen LogP contribution is 2.22. The minimum absolute atomic E-state index is 0.0987. The molecular formula is C15H21FN2O2. The summed E-state index contributed by atoms with van der Waals surface area (Å²) >= 11 is 0. The third-order valence-electron chi connectivity index (χ3n) is 3.70. The quantitative estimate of drug-likeness (QED) is 0.894. The van der Waals surface area contributed by atoms with Crippen LogP contribution in [-0.4, -0.2) is 35.7 Å². The maximum atomic E-state index is 13.8. The molecular weight excluding hydrogens is 259 g/mol. The first-order valence-electron chi connectivity index (χ1n) is 6.97. The van der Waals surface area contributed by atoms with Gasteiger partial charge in [0.2, 0.25) is 0 Å². The molecule has 2 amide bonds.